The van der Waals surface area contributed by atoms with E-state index in [1.165, 1.54) is 11.3 Å². The second-order valence-electron chi connectivity index (χ2n) is 4.15. The molecule has 0 aliphatic heterocycles. The Morgan fingerprint density at radius 2 is 1.95 bits per heavy atom. The Balaban J connectivity index is 2.11. The smallest absolute Gasteiger partial charge is 0.271 e. The number of nitrogens with zero attached hydrogens (tertiary/aromatic N) is 1. The minimum absolute atomic E-state index is 0.0416. The first-order chi connectivity index (χ1) is 10.0. The van der Waals surface area contributed by atoms with Crippen LogP contribution in [0.1, 0.15) is 11.8 Å². The molecule has 5 nitrogen and oxygen atoms in total. The topological polar surface area (TPSA) is 79.2 Å². The zero-order valence-electron chi connectivity index (χ0n) is 11.4. The standard InChI is InChI=1S/C14H14N2O3S2/c1-2-13-7-8-14(20-13)21(17,18)16-11-3-5-12(6-4-11)19-10-9-15/h3-8,16H,2,10H2,1H3. The summed E-state index contributed by atoms with van der Waals surface area (Å²) in [6.45, 7) is 1.94. The molecule has 0 atom stereocenters. The van der Waals surface area contributed by atoms with Crippen LogP contribution in [0.4, 0.5) is 5.69 Å². The summed E-state index contributed by atoms with van der Waals surface area (Å²) in [5.74, 6) is 0.517. The van der Waals surface area contributed by atoms with Crippen molar-refractivity contribution >= 4 is 27.0 Å². The van der Waals surface area contributed by atoms with Crippen LogP contribution >= 0.6 is 11.3 Å². The molecule has 0 spiro atoms. The van der Waals surface area contributed by atoms with Crippen LogP contribution in [0.25, 0.3) is 0 Å². The number of hydrogen-bond donors (Lipinski definition) is 1. The van der Waals surface area contributed by atoms with Gasteiger partial charge in [-0.3, -0.25) is 4.72 Å². The summed E-state index contributed by atoms with van der Waals surface area (Å²) in [5.41, 5.74) is 0.450. The van der Waals surface area contributed by atoms with Crippen molar-refractivity contribution in [1.29, 1.82) is 5.26 Å². The number of thiophene rings is 1. The molecule has 0 radical (unpaired) electrons. The Morgan fingerprint density at radius 1 is 1.24 bits per heavy atom. The van der Waals surface area contributed by atoms with Gasteiger partial charge in [-0.2, -0.15) is 5.26 Å². The number of anilines is 1. The lowest BCUT2D eigenvalue weighted by Crippen LogP contribution is -2.11. The van der Waals surface area contributed by atoms with Crippen LogP contribution in [0.3, 0.4) is 0 Å². The van der Waals surface area contributed by atoms with E-state index in [2.05, 4.69) is 4.72 Å². The number of sulfonamides is 1. The van der Waals surface area contributed by atoms with Crippen LogP contribution in [0.5, 0.6) is 5.75 Å². The summed E-state index contributed by atoms with van der Waals surface area (Å²) in [5, 5.41) is 8.42. The van der Waals surface area contributed by atoms with Crippen molar-refractivity contribution in [3.8, 4) is 11.8 Å². The molecule has 0 aliphatic carbocycles. The molecule has 0 fully saturated rings. The van der Waals surface area contributed by atoms with E-state index in [4.69, 9.17) is 10.00 Å². The van der Waals surface area contributed by atoms with E-state index in [-0.39, 0.29) is 6.61 Å². The van der Waals surface area contributed by atoms with Crippen molar-refractivity contribution in [1.82, 2.24) is 0 Å². The number of aryl methyl sites for hydroxylation is 1. The second kappa shape index (κ2) is 6.61. The third-order valence-corrected chi connectivity index (χ3v) is 5.76. The average Bonchev–Trinajstić information content (AvgIpc) is 2.96. The van der Waals surface area contributed by atoms with Crippen LogP contribution in [-0.4, -0.2) is 15.0 Å². The monoisotopic (exact) mass is 322 g/mol. The Morgan fingerprint density at radius 3 is 2.52 bits per heavy atom. The highest BCUT2D eigenvalue weighted by Crippen LogP contribution is 2.25. The molecule has 1 heterocycles. The largest absolute Gasteiger partial charge is 0.479 e. The molecule has 0 saturated carbocycles. The summed E-state index contributed by atoms with van der Waals surface area (Å²) in [6.07, 6.45) is 0.811. The highest BCUT2D eigenvalue weighted by atomic mass is 32.2. The fourth-order valence-corrected chi connectivity index (χ4v) is 3.99. The maximum atomic E-state index is 12.2. The van der Waals surface area contributed by atoms with Crippen molar-refractivity contribution < 1.29 is 13.2 Å². The number of ether oxygens (including phenoxy) is 1. The lowest BCUT2D eigenvalue weighted by atomic mass is 10.3. The number of hydrogen-bond acceptors (Lipinski definition) is 5. The van der Waals surface area contributed by atoms with Crippen molar-refractivity contribution in [3.05, 3.63) is 41.3 Å². The molecule has 1 aromatic carbocycles. The van der Waals surface area contributed by atoms with Gasteiger partial charge in [0.25, 0.3) is 10.0 Å². The predicted molar refractivity (Wildman–Crippen MR) is 82.1 cm³/mol. The molecular weight excluding hydrogens is 308 g/mol. The van der Waals surface area contributed by atoms with Gasteiger partial charge in [0, 0.05) is 10.6 Å². The van der Waals surface area contributed by atoms with Crippen LogP contribution in [0.2, 0.25) is 0 Å². The van der Waals surface area contributed by atoms with Gasteiger partial charge in [0.1, 0.15) is 16.0 Å². The lowest BCUT2D eigenvalue weighted by Gasteiger charge is -2.07. The van der Waals surface area contributed by atoms with Gasteiger partial charge in [0.15, 0.2) is 6.61 Å². The predicted octanol–water partition coefficient (Wildman–Crippen LogP) is 3.01. The Bertz CT molecular complexity index is 743. The Labute approximate surface area is 127 Å². The summed E-state index contributed by atoms with van der Waals surface area (Å²) in [4.78, 5) is 1.02. The first kappa shape index (κ1) is 15.4. The summed E-state index contributed by atoms with van der Waals surface area (Å²) in [6, 6.07) is 11.7. The van der Waals surface area contributed by atoms with E-state index >= 15 is 0 Å². The second-order valence-corrected chi connectivity index (χ2v) is 7.23. The molecule has 1 N–H and O–H groups in total. The van der Waals surface area contributed by atoms with Crippen molar-refractivity contribution in [2.75, 3.05) is 11.3 Å². The summed E-state index contributed by atoms with van der Waals surface area (Å²) < 4.78 is 32.3. The van der Waals surface area contributed by atoms with Gasteiger partial charge in [0.05, 0.1) is 0 Å². The van der Waals surface area contributed by atoms with Crippen LogP contribution < -0.4 is 9.46 Å². The van der Waals surface area contributed by atoms with Gasteiger partial charge in [0.2, 0.25) is 0 Å². The first-order valence-corrected chi connectivity index (χ1v) is 8.56. The van der Waals surface area contributed by atoms with E-state index in [1.807, 2.05) is 19.1 Å². The zero-order valence-corrected chi connectivity index (χ0v) is 13.0. The molecule has 0 unspecified atom stereocenters. The number of benzene rings is 1. The van der Waals surface area contributed by atoms with Gasteiger partial charge in [-0.1, -0.05) is 6.92 Å². The molecule has 0 saturated heterocycles. The van der Waals surface area contributed by atoms with Gasteiger partial charge >= 0.3 is 0 Å². The van der Waals surface area contributed by atoms with Crippen LogP contribution in [0.15, 0.2) is 40.6 Å². The molecular formula is C14H14N2O3S2. The number of nitrogens with one attached hydrogen (secondary N) is 1. The Kier molecular flexibility index (Phi) is 4.83. The fourth-order valence-electron chi connectivity index (χ4n) is 1.63. The van der Waals surface area contributed by atoms with E-state index in [0.717, 1.165) is 11.3 Å². The molecule has 2 aromatic rings. The van der Waals surface area contributed by atoms with Gasteiger partial charge in [-0.25, -0.2) is 8.42 Å². The van der Waals surface area contributed by atoms with Crippen molar-refractivity contribution in [3.63, 3.8) is 0 Å². The highest BCUT2D eigenvalue weighted by molar-refractivity contribution is 7.94. The summed E-state index contributed by atoms with van der Waals surface area (Å²) in [7, 11) is -3.56. The van der Waals surface area contributed by atoms with Gasteiger partial charge < -0.3 is 4.74 Å². The average molecular weight is 322 g/mol. The molecule has 0 amide bonds. The minimum Gasteiger partial charge on any atom is -0.479 e. The highest BCUT2D eigenvalue weighted by Gasteiger charge is 2.16. The SMILES string of the molecule is CCc1ccc(S(=O)(=O)Nc2ccc(OCC#N)cc2)s1. The van der Waals surface area contributed by atoms with Gasteiger partial charge in [-0.05, 0) is 42.8 Å². The maximum Gasteiger partial charge on any atom is 0.271 e. The van der Waals surface area contributed by atoms with E-state index in [9.17, 15) is 8.42 Å². The quantitative estimate of drug-likeness (QED) is 0.886. The van der Waals surface area contributed by atoms with Crippen LogP contribution in [0, 0.1) is 11.3 Å². The normalized spacial score (nSPS) is 10.9. The van der Waals surface area contributed by atoms with Crippen LogP contribution in [-0.2, 0) is 16.4 Å². The minimum atomic E-state index is -3.56. The third kappa shape index (κ3) is 3.97. The molecule has 110 valence electrons. The molecule has 21 heavy (non-hydrogen) atoms. The molecule has 0 bridgehead atoms. The molecule has 7 heteroatoms. The van der Waals surface area contributed by atoms with E-state index in [1.54, 1.807) is 30.3 Å². The molecule has 1 aromatic heterocycles. The lowest BCUT2D eigenvalue weighted by molar-refractivity contribution is 0.368. The van der Waals surface area contributed by atoms with E-state index in [0.29, 0.717) is 15.6 Å². The third-order valence-electron chi connectivity index (χ3n) is 2.66. The van der Waals surface area contributed by atoms with Gasteiger partial charge in [-0.15, -0.1) is 11.3 Å². The molecule has 2 rings (SSSR count). The maximum absolute atomic E-state index is 12.2. The van der Waals surface area contributed by atoms with Crippen molar-refractivity contribution in [2.45, 2.75) is 17.6 Å². The number of nitriles is 1. The number of rotatable bonds is 6. The Hall–Kier alpha value is -2.04. The zero-order chi connectivity index (χ0) is 15.3. The van der Waals surface area contributed by atoms with E-state index < -0.39 is 10.0 Å². The molecule has 0 aliphatic rings. The van der Waals surface area contributed by atoms with Crippen molar-refractivity contribution in [2.24, 2.45) is 0 Å². The first-order valence-electron chi connectivity index (χ1n) is 6.26. The fraction of sp³-hybridized carbons (Fsp3) is 0.214. The summed E-state index contributed by atoms with van der Waals surface area (Å²) >= 11 is 1.26.